The number of hydrogen-bond acceptors (Lipinski definition) is 3. The van der Waals surface area contributed by atoms with Gasteiger partial charge in [-0.25, -0.2) is 8.42 Å². The Bertz CT molecular complexity index is 700. The molecule has 1 aromatic rings. The van der Waals surface area contributed by atoms with Crippen LogP contribution >= 0.6 is 0 Å². The first-order valence-corrected chi connectivity index (χ1v) is 10.8. The quantitative estimate of drug-likeness (QED) is 0.563. The molecule has 0 bridgehead atoms. The standard InChI is InChI=1S/C20H35N3O2S/c1-8-16-9-11-17(12-10-16)20(5,6)15-23-18(21-7)22-13-14-26(24,25)19(2,3)4/h9-12H,8,13-15H2,1-7H3,(H2,21,22,23). The van der Waals surface area contributed by atoms with Gasteiger partial charge in [-0.2, -0.15) is 0 Å². The summed E-state index contributed by atoms with van der Waals surface area (Å²) in [4.78, 5) is 4.19. The van der Waals surface area contributed by atoms with E-state index >= 15 is 0 Å². The predicted octanol–water partition coefficient (Wildman–Crippen LogP) is 2.90. The maximum absolute atomic E-state index is 12.2. The van der Waals surface area contributed by atoms with Crippen LogP contribution in [-0.4, -0.2) is 45.0 Å². The molecule has 148 valence electrons. The van der Waals surface area contributed by atoms with E-state index in [4.69, 9.17) is 0 Å². The van der Waals surface area contributed by atoms with Crippen LogP contribution in [0.3, 0.4) is 0 Å². The second kappa shape index (κ2) is 8.89. The number of sulfone groups is 1. The van der Waals surface area contributed by atoms with Gasteiger partial charge in [0.1, 0.15) is 0 Å². The Balaban J connectivity index is 2.60. The normalized spacial score (nSPS) is 13.6. The molecule has 0 saturated heterocycles. The first-order valence-electron chi connectivity index (χ1n) is 9.19. The van der Waals surface area contributed by atoms with E-state index in [2.05, 4.69) is 60.7 Å². The summed E-state index contributed by atoms with van der Waals surface area (Å²) in [6.07, 6.45) is 1.03. The summed E-state index contributed by atoms with van der Waals surface area (Å²) in [6.45, 7) is 12.7. The van der Waals surface area contributed by atoms with Crippen LogP contribution in [0.2, 0.25) is 0 Å². The van der Waals surface area contributed by atoms with Crippen molar-refractivity contribution in [1.29, 1.82) is 0 Å². The summed E-state index contributed by atoms with van der Waals surface area (Å²) in [5.41, 5.74) is 2.52. The summed E-state index contributed by atoms with van der Waals surface area (Å²) < 4.78 is 23.6. The van der Waals surface area contributed by atoms with Crippen molar-refractivity contribution in [2.24, 2.45) is 4.99 Å². The average molecular weight is 382 g/mol. The minimum absolute atomic E-state index is 0.0681. The Kier molecular flexibility index (Phi) is 7.69. The van der Waals surface area contributed by atoms with Gasteiger partial charge < -0.3 is 10.6 Å². The molecule has 0 spiro atoms. The third kappa shape index (κ3) is 6.31. The number of benzene rings is 1. The Morgan fingerprint density at radius 3 is 2.08 bits per heavy atom. The van der Waals surface area contributed by atoms with Gasteiger partial charge in [-0.15, -0.1) is 0 Å². The molecule has 0 aromatic heterocycles. The first kappa shape index (κ1) is 22.5. The number of nitrogens with zero attached hydrogens (tertiary/aromatic N) is 1. The van der Waals surface area contributed by atoms with E-state index in [1.807, 2.05) is 0 Å². The van der Waals surface area contributed by atoms with Gasteiger partial charge in [0, 0.05) is 25.6 Å². The van der Waals surface area contributed by atoms with E-state index in [1.54, 1.807) is 27.8 Å². The van der Waals surface area contributed by atoms with Crippen LogP contribution in [0.5, 0.6) is 0 Å². The minimum atomic E-state index is -3.14. The molecule has 1 aromatic carbocycles. The molecule has 0 unspecified atom stereocenters. The lowest BCUT2D eigenvalue weighted by Crippen LogP contribution is -2.45. The molecule has 0 radical (unpaired) electrons. The topological polar surface area (TPSA) is 70.6 Å². The summed E-state index contributed by atoms with van der Waals surface area (Å²) >= 11 is 0. The summed E-state index contributed by atoms with van der Waals surface area (Å²) in [6, 6.07) is 8.68. The van der Waals surface area contributed by atoms with E-state index in [-0.39, 0.29) is 11.2 Å². The van der Waals surface area contributed by atoms with Gasteiger partial charge in [0.05, 0.1) is 10.5 Å². The van der Waals surface area contributed by atoms with Crippen molar-refractivity contribution in [1.82, 2.24) is 10.6 Å². The van der Waals surface area contributed by atoms with Crippen LogP contribution in [0, 0.1) is 0 Å². The number of hydrogen-bond donors (Lipinski definition) is 2. The fourth-order valence-corrected chi connectivity index (χ4v) is 3.41. The van der Waals surface area contributed by atoms with Crippen LogP contribution in [0.1, 0.15) is 52.7 Å². The second-order valence-corrected chi connectivity index (χ2v) is 11.1. The molecular formula is C20H35N3O2S. The zero-order chi connectivity index (χ0) is 20.0. The molecule has 0 aliphatic carbocycles. The number of guanidine groups is 1. The highest BCUT2D eigenvalue weighted by Crippen LogP contribution is 2.22. The molecule has 0 atom stereocenters. The Morgan fingerprint density at radius 2 is 1.62 bits per heavy atom. The van der Waals surface area contributed by atoms with E-state index < -0.39 is 14.6 Å². The number of aryl methyl sites for hydroxylation is 1. The second-order valence-electron chi connectivity index (χ2n) is 8.22. The first-order chi connectivity index (χ1) is 11.9. The molecule has 1 rings (SSSR count). The molecule has 0 aliphatic rings. The third-order valence-corrected chi connectivity index (χ3v) is 7.27. The maximum Gasteiger partial charge on any atom is 0.191 e. The van der Waals surface area contributed by atoms with E-state index in [9.17, 15) is 8.42 Å². The minimum Gasteiger partial charge on any atom is -0.356 e. The van der Waals surface area contributed by atoms with Gasteiger partial charge in [0.15, 0.2) is 15.8 Å². The van der Waals surface area contributed by atoms with E-state index in [1.165, 1.54) is 11.1 Å². The van der Waals surface area contributed by atoms with Crippen molar-refractivity contribution in [2.75, 3.05) is 25.9 Å². The highest BCUT2D eigenvalue weighted by atomic mass is 32.2. The molecule has 0 saturated carbocycles. The zero-order valence-electron chi connectivity index (χ0n) is 17.3. The number of rotatable bonds is 7. The van der Waals surface area contributed by atoms with Gasteiger partial charge in [0.25, 0.3) is 0 Å². The molecule has 0 aliphatic heterocycles. The van der Waals surface area contributed by atoms with Crippen LogP contribution in [0.15, 0.2) is 29.3 Å². The fraction of sp³-hybridized carbons (Fsp3) is 0.650. The summed E-state index contributed by atoms with van der Waals surface area (Å²) in [5.74, 6) is 0.700. The molecule has 0 heterocycles. The highest BCUT2D eigenvalue weighted by Gasteiger charge is 2.28. The van der Waals surface area contributed by atoms with Crippen LogP contribution in [0.25, 0.3) is 0 Å². The largest absolute Gasteiger partial charge is 0.356 e. The molecule has 5 nitrogen and oxygen atoms in total. The van der Waals surface area contributed by atoms with E-state index in [0.717, 1.165) is 6.42 Å². The van der Waals surface area contributed by atoms with Crippen molar-refractivity contribution in [3.63, 3.8) is 0 Å². The van der Waals surface area contributed by atoms with Crippen molar-refractivity contribution >= 4 is 15.8 Å². The molecule has 0 amide bonds. The summed E-state index contributed by atoms with van der Waals surface area (Å²) in [5, 5.41) is 6.41. The Labute approximate surface area is 159 Å². The average Bonchev–Trinajstić information content (AvgIpc) is 2.56. The summed E-state index contributed by atoms with van der Waals surface area (Å²) in [7, 11) is -1.45. The van der Waals surface area contributed by atoms with Crippen molar-refractivity contribution < 1.29 is 8.42 Å². The monoisotopic (exact) mass is 381 g/mol. The van der Waals surface area contributed by atoms with Crippen molar-refractivity contribution in [3.8, 4) is 0 Å². The van der Waals surface area contributed by atoms with Gasteiger partial charge in [0.2, 0.25) is 0 Å². The van der Waals surface area contributed by atoms with Crippen molar-refractivity contribution in [3.05, 3.63) is 35.4 Å². The molecule has 2 N–H and O–H groups in total. The third-order valence-electron chi connectivity index (χ3n) is 4.66. The predicted molar refractivity (Wildman–Crippen MR) is 112 cm³/mol. The van der Waals surface area contributed by atoms with Gasteiger partial charge >= 0.3 is 0 Å². The lowest BCUT2D eigenvalue weighted by atomic mass is 9.84. The molecular weight excluding hydrogens is 346 g/mol. The van der Waals surface area contributed by atoms with E-state index in [0.29, 0.717) is 19.0 Å². The van der Waals surface area contributed by atoms with Gasteiger partial charge in [-0.3, -0.25) is 4.99 Å². The SMILES string of the molecule is CCc1ccc(C(C)(C)CNC(=NC)NCCS(=O)(=O)C(C)(C)C)cc1. The fourth-order valence-electron chi connectivity index (χ4n) is 2.43. The lowest BCUT2D eigenvalue weighted by molar-refractivity contribution is 0.508. The van der Waals surface area contributed by atoms with Crippen LogP contribution in [0.4, 0.5) is 0 Å². The smallest absolute Gasteiger partial charge is 0.191 e. The maximum atomic E-state index is 12.2. The van der Waals surface area contributed by atoms with Gasteiger partial charge in [-0.05, 0) is 38.3 Å². The van der Waals surface area contributed by atoms with Crippen molar-refractivity contribution in [2.45, 2.75) is 58.1 Å². The Hall–Kier alpha value is -1.56. The molecule has 26 heavy (non-hydrogen) atoms. The molecule has 0 fully saturated rings. The van der Waals surface area contributed by atoms with Crippen LogP contribution < -0.4 is 10.6 Å². The Morgan fingerprint density at radius 1 is 1.04 bits per heavy atom. The molecule has 6 heteroatoms. The lowest BCUT2D eigenvalue weighted by Gasteiger charge is -2.27. The number of nitrogens with one attached hydrogen (secondary N) is 2. The van der Waals surface area contributed by atoms with Crippen LogP contribution in [-0.2, 0) is 21.7 Å². The number of aliphatic imine (C=N–C) groups is 1. The zero-order valence-corrected chi connectivity index (χ0v) is 18.1. The van der Waals surface area contributed by atoms with Gasteiger partial charge in [-0.1, -0.05) is 45.0 Å². The highest BCUT2D eigenvalue weighted by molar-refractivity contribution is 7.92.